The van der Waals surface area contributed by atoms with Crippen LogP contribution in [0.5, 0.6) is 5.75 Å². The first-order valence-electron chi connectivity index (χ1n) is 4.32. The van der Waals surface area contributed by atoms with Crippen LogP contribution >= 0.6 is 0 Å². The third-order valence-electron chi connectivity index (χ3n) is 2.19. The Balaban J connectivity index is 2.99. The Morgan fingerprint density at radius 3 is 2.71 bits per heavy atom. The Kier molecular flexibility index (Phi) is 1.81. The highest BCUT2D eigenvalue weighted by molar-refractivity contribution is 5.78. The summed E-state index contributed by atoms with van der Waals surface area (Å²) in [7, 11) is 0. The number of fused-ring (bicyclic) bond motifs is 1. The van der Waals surface area contributed by atoms with Crippen molar-refractivity contribution in [2.45, 2.75) is 13.8 Å². The van der Waals surface area contributed by atoms with Crippen molar-refractivity contribution >= 4 is 11.0 Å². The van der Waals surface area contributed by atoms with E-state index < -0.39 is 0 Å². The van der Waals surface area contributed by atoms with E-state index in [2.05, 4.69) is 0 Å². The third-order valence-corrected chi connectivity index (χ3v) is 2.19. The van der Waals surface area contributed by atoms with Gasteiger partial charge in [-0.2, -0.15) is 0 Å². The molecule has 0 amide bonds. The molecule has 0 bridgehead atoms. The molecule has 0 saturated carbocycles. The maximum absolute atomic E-state index is 11.6. The minimum atomic E-state index is -0.368. The Morgan fingerprint density at radius 2 is 2.00 bits per heavy atom. The van der Waals surface area contributed by atoms with E-state index in [-0.39, 0.29) is 16.9 Å². The standard InChI is InChI=1S/C11H10O3/c1-6-3-4-9-8(5-6)11(13)10(12)7(2)14-9/h3-5,12H,1-2H3. The van der Waals surface area contributed by atoms with Crippen LogP contribution in [0.2, 0.25) is 0 Å². The lowest BCUT2D eigenvalue weighted by molar-refractivity contribution is 0.427. The first-order valence-corrected chi connectivity index (χ1v) is 4.32. The summed E-state index contributed by atoms with van der Waals surface area (Å²) >= 11 is 0. The summed E-state index contributed by atoms with van der Waals surface area (Å²) in [6.07, 6.45) is 0. The van der Waals surface area contributed by atoms with E-state index in [0.29, 0.717) is 11.0 Å². The van der Waals surface area contributed by atoms with Gasteiger partial charge in [0.05, 0.1) is 5.39 Å². The molecular weight excluding hydrogens is 180 g/mol. The molecule has 0 spiro atoms. The smallest absolute Gasteiger partial charge is 0.234 e. The summed E-state index contributed by atoms with van der Waals surface area (Å²) in [6, 6.07) is 5.31. The molecule has 0 aliphatic rings. The van der Waals surface area contributed by atoms with Crippen molar-refractivity contribution in [3.05, 3.63) is 39.7 Å². The van der Waals surface area contributed by atoms with E-state index in [0.717, 1.165) is 5.56 Å². The van der Waals surface area contributed by atoms with Crippen molar-refractivity contribution in [3.63, 3.8) is 0 Å². The van der Waals surface area contributed by atoms with Crippen LogP contribution in [0.4, 0.5) is 0 Å². The van der Waals surface area contributed by atoms with Gasteiger partial charge >= 0.3 is 0 Å². The quantitative estimate of drug-likeness (QED) is 0.692. The average molecular weight is 190 g/mol. The number of aryl methyl sites for hydroxylation is 2. The Bertz CT molecular complexity index is 552. The molecule has 0 radical (unpaired) electrons. The van der Waals surface area contributed by atoms with E-state index in [4.69, 9.17) is 4.42 Å². The lowest BCUT2D eigenvalue weighted by atomic mass is 10.1. The number of hydrogen-bond donors (Lipinski definition) is 1. The second kappa shape index (κ2) is 2.87. The SMILES string of the molecule is Cc1ccc2oc(C)c(O)c(=O)c2c1. The molecule has 2 rings (SSSR count). The van der Waals surface area contributed by atoms with Crippen LogP contribution in [0.3, 0.4) is 0 Å². The molecule has 0 aliphatic carbocycles. The molecule has 0 unspecified atom stereocenters. The molecule has 0 fully saturated rings. The molecule has 1 aromatic heterocycles. The third kappa shape index (κ3) is 1.18. The zero-order valence-electron chi connectivity index (χ0n) is 8.00. The van der Waals surface area contributed by atoms with Crippen LogP contribution in [0.25, 0.3) is 11.0 Å². The van der Waals surface area contributed by atoms with Crippen LogP contribution in [-0.2, 0) is 0 Å². The van der Waals surface area contributed by atoms with Crippen molar-refractivity contribution < 1.29 is 9.52 Å². The predicted octanol–water partition coefficient (Wildman–Crippen LogP) is 2.12. The summed E-state index contributed by atoms with van der Waals surface area (Å²) in [5, 5.41) is 9.81. The van der Waals surface area contributed by atoms with E-state index in [1.807, 2.05) is 13.0 Å². The van der Waals surface area contributed by atoms with Gasteiger partial charge in [-0.05, 0) is 26.0 Å². The molecule has 3 nitrogen and oxygen atoms in total. The van der Waals surface area contributed by atoms with Gasteiger partial charge < -0.3 is 9.52 Å². The Labute approximate surface area is 80.6 Å². The monoisotopic (exact) mass is 190 g/mol. The van der Waals surface area contributed by atoms with Crippen LogP contribution in [0.1, 0.15) is 11.3 Å². The second-order valence-electron chi connectivity index (χ2n) is 3.34. The molecule has 1 N–H and O–H groups in total. The van der Waals surface area contributed by atoms with E-state index in [9.17, 15) is 9.90 Å². The van der Waals surface area contributed by atoms with E-state index in [1.54, 1.807) is 19.1 Å². The summed E-state index contributed by atoms with van der Waals surface area (Å²) in [4.78, 5) is 11.6. The van der Waals surface area contributed by atoms with Gasteiger partial charge in [-0.25, -0.2) is 0 Å². The van der Waals surface area contributed by atoms with Gasteiger partial charge in [0.2, 0.25) is 11.2 Å². The highest BCUT2D eigenvalue weighted by atomic mass is 16.4. The lowest BCUT2D eigenvalue weighted by Gasteiger charge is -2.01. The lowest BCUT2D eigenvalue weighted by Crippen LogP contribution is -2.02. The zero-order chi connectivity index (χ0) is 10.3. The van der Waals surface area contributed by atoms with Crippen molar-refractivity contribution in [2.24, 2.45) is 0 Å². The molecule has 2 aromatic rings. The minimum absolute atomic E-state index is 0.256. The van der Waals surface area contributed by atoms with Crippen molar-refractivity contribution in [2.75, 3.05) is 0 Å². The highest BCUT2D eigenvalue weighted by Crippen LogP contribution is 2.19. The van der Waals surface area contributed by atoms with Gasteiger partial charge in [0, 0.05) is 0 Å². The Hall–Kier alpha value is -1.77. The van der Waals surface area contributed by atoms with Gasteiger partial charge in [0.25, 0.3) is 0 Å². The topological polar surface area (TPSA) is 50.4 Å². The van der Waals surface area contributed by atoms with Crippen molar-refractivity contribution in [3.8, 4) is 5.75 Å². The van der Waals surface area contributed by atoms with Gasteiger partial charge in [-0.3, -0.25) is 4.79 Å². The van der Waals surface area contributed by atoms with Crippen molar-refractivity contribution in [1.29, 1.82) is 0 Å². The fourth-order valence-electron chi connectivity index (χ4n) is 1.41. The first kappa shape index (κ1) is 8.81. The maximum Gasteiger partial charge on any atom is 0.234 e. The molecular formula is C11H10O3. The molecule has 0 aliphatic heterocycles. The molecule has 1 aromatic carbocycles. The van der Waals surface area contributed by atoms with E-state index in [1.165, 1.54) is 0 Å². The van der Waals surface area contributed by atoms with Gasteiger partial charge in [-0.1, -0.05) is 11.6 Å². The van der Waals surface area contributed by atoms with Gasteiger partial charge in [0.15, 0.2) is 0 Å². The molecule has 14 heavy (non-hydrogen) atoms. The molecule has 0 atom stereocenters. The summed E-state index contributed by atoms with van der Waals surface area (Å²) in [5.74, 6) is -0.0468. The number of hydrogen-bond acceptors (Lipinski definition) is 3. The first-order chi connectivity index (χ1) is 6.59. The normalized spacial score (nSPS) is 10.7. The largest absolute Gasteiger partial charge is 0.502 e. The average Bonchev–Trinajstić information content (AvgIpc) is 2.16. The fraction of sp³-hybridized carbons (Fsp3) is 0.182. The Morgan fingerprint density at radius 1 is 1.29 bits per heavy atom. The van der Waals surface area contributed by atoms with Crippen LogP contribution < -0.4 is 5.43 Å². The summed E-state index contributed by atoms with van der Waals surface area (Å²) in [6.45, 7) is 3.45. The van der Waals surface area contributed by atoms with Gasteiger partial charge in [-0.15, -0.1) is 0 Å². The van der Waals surface area contributed by atoms with Crippen LogP contribution in [0, 0.1) is 13.8 Å². The minimum Gasteiger partial charge on any atom is -0.502 e. The van der Waals surface area contributed by atoms with E-state index >= 15 is 0 Å². The number of aromatic hydroxyl groups is 1. The molecule has 1 heterocycles. The number of rotatable bonds is 0. The highest BCUT2D eigenvalue weighted by Gasteiger charge is 2.09. The fourth-order valence-corrected chi connectivity index (χ4v) is 1.41. The molecule has 3 heteroatoms. The zero-order valence-corrected chi connectivity index (χ0v) is 8.00. The molecule has 0 saturated heterocycles. The van der Waals surface area contributed by atoms with Crippen molar-refractivity contribution in [1.82, 2.24) is 0 Å². The summed E-state index contributed by atoms with van der Waals surface area (Å²) < 4.78 is 5.28. The summed E-state index contributed by atoms with van der Waals surface area (Å²) in [5.41, 5.74) is 1.11. The van der Waals surface area contributed by atoms with Crippen LogP contribution in [0.15, 0.2) is 27.4 Å². The maximum atomic E-state index is 11.6. The van der Waals surface area contributed by atoms with Crippen LogP contribution in [-0.4, -0.2) is 5.11 Å². The predicted molar refractivity (Wildman–Crippen MR) is 53.6 cm³/mol. The van der Waals surface area contributed by atoms with Gasteiger partial charge in [0.1, 0.15) is 11.3 Å². The number of benzene rings is 1. The second-order valence-corrected chi connectivity index (χ2v) is 3.34. The molecule has 72 valence electrons.